The lowest BCUT2D eigenvalue weighted by Crippen LogP contribution is -2.37. The van der Waals surface area contributed by atoms with E-state index in [2.05, 4.69) is 34.7 Å². The molecule has 1 fully saturated rings. The van der Waals surface area contributed by atoms with Crippen molar-refractivity contribution in [3.8, 4) is 0 Å². The number of fused-ring (bicyclic) bond motifs is 1. The molecule has 0 radical (unpaired) electrons. The van der Waals surface area contributed by atoms with Crippen LogP contribution in [0.15, 0.2) is 18.2 Å². The molecular formula is C14H19N3OS. The minimum absolute atomic E-state index is 0.0521. The van der Waals surface area contributed by atoms with Crippen molar-refractivity contribution in [2.75, 3.05) is 35.4 Å². The monoisotopic (exact) mass is 277 g/mol. The van der Waals surface area contributed by atoms with Crippen molar-refractivity contribution in [2.45, 2.75) is 18.9 Å². The Hall–Kier alpha value is -1.20. The first-order chi connectivity index (χ1) is 9.24. The molecule has 1 unspecified atom stereocenters. The molecule has 0 saturated carbocycles. The van der Waals surface area contributed by atoms with Gasteiger partial charge in [-0.25, -0.2) is 0 Å². The van der Waals surface area contributed by atoms with Crippen LogP contribution in [0, 0.1) is 0 Å². The molecular weight excluding hydrogens is 258 g/mol. The third kappa shape index (κ3) is 2.72. The second kappa shape index (κ2) is 5.43. The van der Waals surface area contributed by atoms with Crippen LogP contribution in [0.1, 0.15) is 12.0 Å². The van der Waals surface area contributed by atoms with E-state index in [4.69, 9.17) is 0 Å². The first-order valence-electron chi connectivity index (χ1n) is 6.70. The summed E-state index contributed by atoms with van der Waals surface area (Å²) >= 11 is 1.77. The average molecular weight is 277 g/mol. The molecule has 0 spiro atoms. The highest BCUT2D eigenvalue weighted by atomic mass is 32.2. The number of nitrogens with one attached hydrogen (secondary N) is 2. The number of amides is 1. The van der Waals surface area contributed by atoms with E-state index in [1.165, 1.54) is 17.7 Å². The molecule has 5 heteroatoms. The van der Waals surface area contributed by atoms with Gasteiger partial charge in [-0.2, -0.15) is 0 Å². The van der Waals surface area contributed by atoms with Gasteiger partial charge < -0.3 is 10.2 Å². The summed E-state index contributed by atoms with van der Waals surface area (Å²) in [6.45, 7) is 1.11. The second-order valence-electron chi connectivity index (χ2n) is 5.13. The van der Waals surface area contributed by atoms with Gasteiger partial charge in [-0.05, 0) is 36.6 Å². The fourth-order valence-electron chi connectivity index (χ4n) is 2.66. The third-order valence-electron chi connectivity index (χ3n) is 3.73. The molecule has 3 rings (SSSR count). The number of benzene rings is 1. The van der Waals surface area contributed by atoms with Crippen molar-refractivity contribution in [2.24, 2.45) is 0 Å². The lowest BCUT2D eigenvalue weighted by atomic mass is 10.0. The maximum absolute atomic E-state index is 12.0. The van der Waals surface area contributed by atoms with Crippen LogP contribution in [0.3, 0.4) is 0 Å². The Morgan fingerprint density at radius 1 is 1.53 bits per heavy atom. The largest absolute Gasteiger partial charge is 0.374 e. The standard InChI is InChI=1S/C14H19N3OS/c1-17-6-2-3-10-7-11(4-5-13(10)17)16-14(18)12-8-19-9-15-12/h4-5,7,12,15H,2-3,6,8-9H2,1H3,(H,16,18). The van der Waals surface area contributed by atoms with Crippen LogP contribution in [-0.2, 0) is 11.2 Å². The molecule has 102 valence electrons. The first kappa shape index (κ1) is 12.8. The van der Waals surface area contributed by atoms with Gasteiger partial charge in [0.1, 0.15) is 0 Å². The first-order valence-corrected chi connectivity index (χ1v) is 7.85. The fourth-order valence-corrected chi connectivity index (χ4v) is 3.60. The van der Waals surface area contributed by atoms with Gasteiger partial charge in [-0.3, -0.25) is 10.1 Å². The molecule has 1 aromatic rings. The number of thioether (sulfide) groups is 1. The summed E-state index contributed by atoms with van der Waals surface area (Å²) in [5.41, 5.74) is 3.54. The molecule has 1 saturated heterocycles. The summed E-state index contributed by atoms with van der Waals surface area (Å²) in [6, 6.07) is 6.18. The number of carbonyl (C=O) groups is 1. The normalized spacial score (nSPS) is 22.2. The molecule has 2 heterocycles. The van der Waals surface area contributed by atoms with Crippen molar-refractivity contribution in [1.82, 2.24) is 5.32 Å². The minimum atomic E-state index is -0.0521. The molecule has 0 aromatic heterocycles. The maximum Gasteiger partial charge on any atom is 0.242 e. The molecule has 1 amide bonds. The second-order valence-corrected chi connectivity index (χ2v) is 6.16. The van der Waals surface area contributed by atoms with Crippen molar-refractivity contribution in [3.63, 3.8) is 0 Å². The van der Waals surface area contributed by atoms with E-state index in [-0.39, 0.29) is 11.9 Å². The van der Waals surface area contributed by atoms with E-state index in [1.54, 1.807) is 11.8 Å². The highest BCUT2D eigenvalue weighted by Gasteiger charge is 2.23. The van der Waals surface area contributed by atoms with Gasteiger partial charge in [-0.1, -0.05) is 0 Å². The van der Waals surface area contributed by atoms with E-state index in [0.29, 0.717) is 0 Å². The minimum Gasteiger partial charge on any atom is -0.374 e. The average Bonchev–Trinajstić information content (AvgIpc) is 2.93. The predicted molar refractivity (Wildman–Crippen MR) is 80.9 cm³/mol. The van der Waals surface area contributed by atoms with Crippen LogP contribution in [0.2, 0.25) is 0 Å². The van der Waals surface area contributed by atoms with Crippen LogP contribution in [-0.4, -0.2) is 37.2 Å². The fraction of sp³-hybridized carbons (Fsp3) is 0.500. The molecule has 4 nitrogen and oxygen atoms in total. The lowest BCUT2D eigenvalue weighted by Gasteiger charge is -2.28. The smallest absolute Gasteiger partial charge is 0.242 e. The van der Waals surface area contributed by atoms with Crippen molar-refractivity contribution >= 4 is 29.0 Å². The lowest BCUT2D eigenvalue weighted by molar-refractivity contribution is -0.117. The number of carbonyl (C=O) groups excluding carboxylic acids is 1. The Morgan fingerprint density at radius 3 is 3.21 bits per heavy atom. The Bertz CT molecular complexity index is 486. The summed E-state index contributed by atoms with van der Waals surface area (Å²) in [7, 11) is 2.12. The van der Waals surface area contributed by atoms with Gasteiger partial charge in [-0.15, -0.1) is 11.8 Å². The Kier molecular flexibility index (Phi) is 3.66. The van der Waals surface area contributed by atoms with Gasteiger partial charge in [0.15, 0.2) is 0 Å². The number of rotatable bonds is 2. The van der Waals surface area contributed by atoms with Gasteiger partial charge in [0.25, 0.3) is 0 Å². The summed E-state index contributed by atoms with van der Waals surface area (Å²) in [4.78, 5) is 14.3. The van der Waals surface area contributed by atoms with E-state index in [0.717, 1.165) is 30.3 Å². The number of hydrogen-bond acceptors (Lipinski definition) is 4. The van der Waals surface area contributed by atoms with Gasteiger partial charge in [0, 0.05) is 36.6 Å². The van der Waals surface area contributed by atoms with Gasteiger partial charge in [0.2, 0.25) is 5.91 Å². The summed E-state index contributed by atoms with van der Waals surface area (Å²) in [5.74, 6) is 1.81. The van der Waals surface area contributed by atoms with Crippen molar-refractivity contribution in [1.29, 1.82) is 0 Å². The number of nitrogens with zero attached hydrogens (tertiary/aromatic N) is 1. The zero-order valence-electron chi connectivity index (χ0n) is 11.1. The topological polar surface area (TPSA) is 44.4 Å². The van der Waals surface area contributed by atoms with E-state index in [9.17, 15) is 4.79 Å². The summed E-state index contributed by atoms with van der Waals surface area (Å²) < 4.78 is 0. The van der Waals surface area contributed by atoms with Crippen LogP contribution < -0.4 is 15.5 Å². The molecule has 0 aliphatic carbocycles. The number of hydrogen-bond donors (Lipinski definition) is 2. The van der Waals surface area contributed by atoms with Crippen LogP contribution in [0.4, 0.5) is 11.4 Å². The van der Waals surface area contributed by atoms with E-state index in [1.807, 2.05) is 6.07 Å². The van der Waals surface area contributed by atoms with E-state index < -0.39 is 0 Å². The van der Waals surface area contributed by atoms with Crippen LogP contribution in [0.25, 0.3) is 0 Å². The summed E-state index contributed by atoms with van der Waals surface area (Å²) in [5, 5.41) is 6.20. The molecule has 19 heavy (non-hydrogen) atoms. The zero-order valence-corrected chi connectivity index (χ0v) is 11.9. The molecule has 1 atom stereocenters. The Morgan fingerprint density at radius 2 is 2.42 bits per heavy atom. The van der Waals surface area contributed by atoms with E-state index >= 15 is 0 Å². The number of anilines is 2. The highest BCUT2D eigenvalue weighted by Crippen LogP contribution is 2.28. The molecule has 2 N–H and O–H groups in total. The molecule has 2 aliphatic rings. The predicted octanol–water partition coefficient (Wildman–Crippen LogP) is 1.67. The quantitative estimate of drug-likeness (QED) is 0.863. The zero-order chi connectivity index (χ0) is 13.2. The van der Waals surface area contributed by atoms with Gasteiger partial charge >= 0.3 is 0 Å². The maximum atomic E-state index is 12.0. The van der Waals surface area contributed by atoms with Crippen LogP contribution >= 0.6 is 11.8 Å². The summed E-state index contributed by atoms with van der Waals surface area (Å²) in [6.07, 6.45) is 2.28. The Balaban J connectivity index is 1.73. The number of aryl methyl sites for hydroxylation is 1. The molecule has 2 aliphatic heterocycles. The third-order valence-corrected chi connectivity index (χ3v) is 4.67. The van der Waals surface area contributed by atoms with Gasteiger partial charge in [0.05, 0.1) is 6.04 Å². The molecule has 1 aromatic carbocycles. The van der Waals surface area contributed by atoms with Crippen molar-refractivity contribution in [3.05, 3.63) is 23.8 Å². The molecule has 0 bridgehead atoms. The van der Waals surface area contributed by atoms with Crippen LogP contribution in [0.5, 0.6) is 0 Å². The SMILES string of the molecule is CN1CCCc2cc(NC(=O)C3CSCN3)ccc21. The highest BCUT2D eigenvalue weighted by molar-refractivity contribution is 7.99. The Labute approximate surface area is 117 Å². The van der Waals surface area contributed by atoms with Crippen molar-refractivity contribution < 1.29 is 4.79 Å².